The fraction of sp³-hybridized carbons (Fsp3) is 0.333. The largest absolute Gasteiger partial charge is 0.420 e. The van der Waals surface area contributed by atoms with Gasteiger partial charge < -0.3 is 19.4 Å². The second kappa shape index (κ2) is 14.1. The molecule has 0 radical (unpaired) electrons. The molecule has 6 rings (SSSR count). The second-order valence-electron chi connectivity index (χ2n) is 12.9. The number of rotatable bonds is 10. The lowest BCUT2D eigenvalue weighted by molar-refractivity contribution is -0.384. The van der Waals surface area contributed by atoms with Gasteiger partial charge in [0.1, 0.15) is 0 Å². The van der Waals surface area contributed by atoms with E-state index in [-0.39, 0.29) is 22.9 Å². The Morgan fingerprint density at radius 2 is 1.12 bits per heavy atom. The zero-order valence-electron chi connectivity index (χ0n) is 28.2. The van der Waals surface area contributed by atoms with Gasteiger partial charge in [-0.15, -0.1) is 0 Å². The highest BCUT2D eigenvalue weighted by Crippen LogP contribution is 2.40. The zero-order valence-corrected chi connectivity index (χ0v) is 28.2. The van der Waals surface area contributed by atoms with Crippen LogP contribution in [-0.2, 0) is 9.59 Å². The fourth-order valence-corrected chi connectivity index (χ4v) is 6.37. The third-order valence-corrected chi connectivity index (χ3v) is 9.24. The van der Waals surface area contributed by atoms with Crippen LogP contribution in [0.1, 0.15) is 51.9 Å². The average molecular weight is 683 g/mol. The van der Waals surface area contributed by atoms with Gasteiger partial charge in [-0.3, -0.25) is 30.0 Å². The first-order valence-corrected chi connectivity index (χ1v) is 16.5. The summed E-state index contributed by atoms with van der Waals surface area (Å²) in [6.07, 6.45) is 7.26. The monoisotopic (exact) mass is 682 g/mol. The van der Waals surface area contributed by atoms with E-state index in [1.165, 1.54) is 24.3 Å². The molecule has 2 aromatic carbocycles. The lowest BCUT2D eigenvalue weighted by atomic mass is 10.0. The van der Waals surface area contributed by atoms with Crippen LogP contribution in [0, 0.1) is 20.2 Å². The van der Waals surface area contributed by atoms with E-state index in [1.54, 1.807) is 12.1 Å². The molecule has 4 aromatic rings. The van der Waals surface area contributed by atoms with Crippen LogP contribution in [-0.4, -0.2) is 79.8 Å². The zero-order chi connectivity index (χ0) is 35.7. The number of non-ortho nitro benzene ring substituents is 2. The Labute approximate surface area is 287 Å². The number of nitrogens with one attached hydrogen (secondary N) is 2. The van der Waals surface area contributed by atoms with Crippen molar-refractivity contribution in [3.63, 3.8) is 0 Å². The summed E-state index contributed by atoms with van der Waals surface area (Å²) in [4.78, 5) is 59.6. The van der Waals surface area contributed by atoms with Crippen molar-refractivity contribution in [2.75, 3.05) is 26.2 Å². The Bertz CT molecular complexity index is 1960. The Morgan fingerprint density at radius 3 is 1.44 bits per heavy atom. The van der Waals surface area contributed by atoms with Crippen molar-refractivity contribution in [1.82, 2.24) is 19.8 Å². The summed E-state index contributed by atoms with van der Waals surface area (Å²) >= 11 is 0. The third-order valence-electron chi connectivity index (χ3n) is 9.24. The van der Waals surface area contributed by atoms with Crippen LogP contribution in [0.3, 0.4) is 0 Å². The smallest absolute Gasteiger partial charge is 0.336 e. The van der Waals surface area contributed by atoms with Crippen molar-refractivity contribution in [3.05, 3.63) is 92.3 Å². The molecule has 2 aliphatic rings. The van der Waals surface area contributed by atoms with Crippen LogP contribution < -0.4 is 9.47 Å². The maximum atomic E-state index is 13.2. The van der Waals surface area contributed by atoms with Gasteiger partial charge in [-0.1, -0.05) is 12.2 Å². The standard InChI is InChI=1S/C36H38N6O8/c1-21(2)39-15-11-23(12-16-39)33-35(27-19-25(41(45)46)5-7-29(27)37-33)49-31(43)9-10-32(44)50-36-28-20-26(42(47)48)6-8-30(28)38-34(36)24-13-17-40(18-14-24)22(3)4/h5-11,13,19-22,37-38H,12,14-18H2,1-4H3/b10-9-. The van der Waals surface area contributed by atoms with Crippen LogP contribution >= 0.6 is 0 Å². The van der Waals surface area contributed by atoms with E-state index in [1.807, 2.05) is 12.2 Å². The molecule has 2 N–H and O–H groups in total. The molecule has 0 atom stereocenters. The van der Waals surface area contributed by atoms with Gasteiger partial charge in [0.25, 0.3) is 11.4 Å². The maximum Gasteiger partial charge on any atom is 0.336 e. The van der Waals surface area contributed by atoms with Gasteiger partial charge in [-0.05, 0) is 63.8 Å². The number of H-pyrrole nitrogens is 2. The van der Waals surface area contributed by atoms with Crippen molar-refractivity contribution in [2.45, 2.75) is 52.6 Å². The van der Waals surface area contributed by atoms with Gasteiger partial charge in [0.2, 0.25) is 0 Å². The summed E-state index contributed by atoms with van der Waals surface area (Å²) in [6.45, 7) is 11.4. The molecule has 0 spiro atoms. The number of nitro groups is 2. The minimum absolute atomic E-state index is 0.127. The van der Waals surface area contributed by atoms with E-state index < -0.39 is 21.8 Å². The van der Waals surface area contributed by atoms with Crippen molar-refractivity contribution in [2.24, 2.45) is 0 Å². The van der Waals surface area contributed by atoms with Crippen LogP contribution in [0.2, 0.25) is 0 Å². The Hall–Kier alpha value is -5.60. The third kappa shape index (κ3) is 7.07. The maximum absolute atomic E-state index is 13.2. The summed E-state index contributed by atoms with van der Waals surface area (Å²) < 4.78 is 11.5. The molecule has 0 aliphatic carbocycles. The Balaban J connectivity index is 1.28. The molecule has 14 nitrogen and oxygen atoms in total. The van der Waals surface area contributed by atoms with Gasteiger partial charge in [-0.2, -0.15) is 0 Å². The molecule has 2 aliphatic heterocycles. The number of benzene rings is 2. The van der Waals surface area contributed by atoms with E-state index in [0.29, 0.717) is 71.2 Å². The van der Waals surface area contributed by atoms with Crippen LogP contribution in [0.15, 0.2) is 60.7 Å². The molecule has 0 fully saturated rings. The van der Waals surface area contributed by atoms with E-state index >= 15 is 0 Å². The number of esters is 2. The molecule has 0 saturated heterocycles. The summed E-state index contributed by atoms with van der Waals surface area (Å²) in [5.74, 6) is -1.53. The van der Waals surface area contributed by atoms with Crippen molar-refractivity contribution in [3.8, 4) is 11.5 Å². The molecule has 50 heavy (non-hydrogen) atoms. The SMILES string of the molecule is CC(C)N1CC=C(c2[nH]c3ccc([N+](=O)[O-])cc3c2OC(=O)/C=C\C(=O)Oc2c(C3=CCN(C(C)C)CC3)[nH]c3ccc([N+](=O)[O-])cc23)CC1. The van der Waals surface area contributed by atoms with Crippen molar-refractivity contribution >= 4 is 56.3 Å². The van der Waals surface area contributed by atoms with E-state index in [0.717, 1.165) is 36.4 Å². The number of ether oxygens (including phenoxy) is 2. The molecule has 260 valence electrons. The van der Waals surface area contributed by atoms with E-state index in [2.05, 4.69) is 47.5 Å². The number of carbonyl (C=O) groups is 2. The lowest BCUT2D eigenvalue weighted by Crippen LogP contribution is -2.34. The minimum atomic E-state index is -0.894. The highest BCUT2D eigenvalue weighted by Gasteiger charge is 2.26. The Morgan fingerprint density at radius 1 is 0.720 bits per heavy atom. The van der Waals surface area contributed by atoms with Crippen LogP contribution in [0.4, 0.5) is 11.4 Å². The number of aromatic amines is 2. The first-order valence-electron chi connectivity index (χ1n) is 16.5. The summed E-state index contributed by atoms with van der Waals surface area (Å²) in [5.41, 5.74) is 3.66. The van der Waals surface area contributed by atoms with E-state index in [4.69, 9.17) is 9.47 Å². The molecule has 0 bridgehead atoms. The number of aromatic nitrogens is 2. The predicted octanol–water partition coefficient (Wildman–Crippen LogP) is 6.53. The van der Waals surface area contributed by atoms with Gasteiger partial charge in [0.15, 0.2) is 11.5 Å². The number of fused-ring (bicyclic) bond motifs is 2. The Kier molecular flexibility index (Phi) is 9.66. The lowest BCUT2D eigenvalue weighted by Gasteiger charge is -2.29. The molecule has 4 heterocycles. The van der Waals surface area contributed by atoms with Crippen LogP contribution in [0.25, 0.3) is 33.0 Å². The van der Waals surface area contributed by atoms with Gasteiger partial charge >= 0.3 is 11.9 Å². The first-order chi connectivity index (χ1) is 23.9. The van der Waals surface area contributed by atoms with Gasteiger partial charge in [0, 0.05) is 85.5 Å². The first kappa shape index (κ1) is 34.3. The fourth-order valence-electron chi connectivity index (χ4n) is 6.37. The molecule has 0 saturated carbocycles. The molecule has 0 amide bonds. The normalized spacial score (nSPS) is 16.0. The molecule has 0 unspecified atom stereocenters. The summed E-state index contributed by atoms with van der Waals surface area (Å²) in [6, 6.07) is 9.27. The predicted molar refractivity (Wildman–Crippen MR) is 189 cm³/mol. The summed E-state index contributed by atoms with van der Waals surface area (Å²) in [7, 11) is 0. The second-order valence-corrected chi connectivity index (χ2v) is 12.9. The molecule has 2 aromatic heterocycles. The quantitative estimate of drug-likeness (QED) is 0.0809. The van der Waals surface area contributed by atoms with Crippen LogP contribution in [0.5, 0.6) is 11.5 Å². The number of nitro benzene ring substituents is 2. The number of hydrogen-bond donors (Lipinski definition) is 2. The highest BCUT2D eigenvalue weighted by molar-refractivity contribution is 6.01. The number of nitrogens with zero attached hydrogens (tertiary/aromatic N) is 4. The van der Waals surface area contributed by atoms with Gasteiger partial charge in [-0.25, -0.2) is 9.59 Å². The number of hydrogen-bond acceptors (Lipinski definition) is 10. The van der Waals surface area contributed by atoms with Gasteiger partial charge in [0.05, 0.1) is 32.3 Å². The number of carbonyl (C=O) groups excluding carboxylic acids is 2. The summed E-state index contributed by atoms with van der Waals surface area (Å²) in [5, 5.41) is 23.8. The van der Waals surface area contributed by atoms with E-state index in [9.17, 15) is 29.8 Å². The minimum Gasteiger partial charge on any atom is -0.420 e. The van der Waals surface area contributed by atoms with Crippen molar-refractivity contribution < 1.29 is 28.9 Å². The van der Waals surface area contributed by atoms with Crippen molar-refractivity contribution in [1.29, 1.82) is 0 Å². The average Bonchev–Trinajstić information content (AvgIpc) is 3.64. The molecular formula is C36H38N6O8. The molecule has 14 heteroatoms. The topological polar surface area (TPSA) is 177 Å². The molecular weight excluding hydrogens is 644 g/mol. The highest BCUT2D eigenvalue weighted by atomic mass is 16.6.